The maximum atomic E-state index is 12.5. The van der Waals surface area contributed by atoms with Gasteiger partial charge in [-0.25, -0.2) is 13.1 Å². The van der Waals surface area contributed by atoms with Gasteiger partial charge in [0.1, 0.15) is 4.90 Å². The first-order chi connectivity index (χ1) is 9.86. The lowest BCUT2D eigenvalue weighted by molar-refractivity contribution is 0.579. The van der Waals surface area contributed by atoms with Gasteiger partial charge in [0.05, 0.1) is 6.20 Å². The van der Waals surface area contributed by atoms with Crippen LogP contribution in [0.3, 0.4) is 0 Å². The monoisotopic (exact) mass is 328 g/mol. The van der Waals surface area contributed by atoms with Gasteiger partial charge in [-0.2, -0.15) is 5.10 Å². The van der Waals surface area contributed by atoms with Crippen LogP contribution in [0.5, 0.6) is 0 Å². The number of aromatic nitrogens is 2. The molecule has 0 atom stereocenters. The van der Waals surface area contributed by atoms with Crippen LogP contribution in [0.4, 0.5) is 0 Å². The zero-order valence-corrected chi connectivity index (χ0v) is 14.2. The number of nitrogens with one attached hydrogen (secondary N) is 2. The van der Waals surface area contributed by atoms with Gasteiger partial charge in [0, 0.05) is 36.3 Å². The van der Waals surface area contributed by atoms with Gasteiger partial charge in [0.15, 0.2) is 0 Å². The molecule has 0 radical (unpaired) electrons. The van der Waals surface area contributed by atoms with Gasteiger partial charge in [-0.15, -0.1) is 11.3 Å². The van der Waals surface area contributed by atoms with E-state index >= 15 is 0 Å². The lowest BCUT2D eigenvalue weighted by Gasteiger charge is -2.09. The van der Waals surface area contributed by atoms with Crippen molar-refractivity contribution < 1.29 is 8.42 Å². The van der Waals surface area contributed by atoms with Gasteiger partial charge < -0.3 is 5.32 Å². The van der Waals surface area contributed by atoms with E-state index in [4.69, 9.17) is 0 Å². The van der Waals surface area contributed by atoms with Crippen LogP contribution in [-0.4, -0.2) is 25.2 Å². The number of aryl methyl sites for hydroxylation is 2. The lowest BCUT2D eigenvalue weighted by atomic mass is 10.3. The van der Waals surface area contributed by atoms with E-state index in [-0.39, 0.29) is 6.54 Å². The van der Waals surface area contributed by atoms with Crippen LogP contribution in [0, 0.1) is 13.8 Å². The minimum absolute atomic E-state index is 0.246. The molecular formula is C13H20N4O2S2. The normalized spacial score (nSPS) is 12.0. The summed E-state index contributed by atoms with van der Waals surface area (Å²) in [4.78, 5) is 1.22. The highest BCUT2D eigenvalue weighted by atomic mass is 32.2. The average Bonchev–Trinajstić information content (AvgIpc) is 2.94. The minimum atomic E-state index is -3.52. The van der Waals surface area contributed by atoms with Crippen molar-refractivity contribution in [3.05, 3.63) is 33.3 Å². The molecule has 0 bridgehead atoms. The van der Waals surface area contributed by atoms with Crippen LogP contribution in [0.15, 0.2) is 16.5 Å². The standard InChI is InChI=1S/C13H20N4O2S2/c1-9-8-20-12(7-14-3)13(9)21(18,19)16-6-11-5-15-17(4)10(11)2/h5,8,14,16H,6-7H2,1-4H3. The molecule has 0 saturated heterocycles. The van der Waals surface area contributed by atoms with Gasteiger partial charge in [0.25, 0.3) is 0 Å². The fourth-order valence-electron chi connectivity index (χ4n) is 2.09. The van der Waals surface area contributed by atoms with Gasteiger partial charge in [0.2, 0.25) is 10.0 Å². The van der Waals surface area contributed by atoms with E-state index in [0.717, 1.165) is 21.7 Å². The van der Waals surface area contributed by atoms with E-state index in [0.29, 0.717) is 11.4 Å². The quantitative estimate of drug-likeness (QED) is 0.838. The van der Waals surface area contributed by atoms with Crippen LogP contribution in [0.1, 0.15) is 21.7 Å². The van der Waals surface area contributed by atoms with E-state index in [9.17, 15) is 8.42 Å². The largest absolute Gasteiger partial charge is 0.315 e. The summed E-state index contributed by atoms with van der Waals surface area (Å²) in [6, 6.07) is 0. The Balaban J connectivity index is 2.23. The number of rotatable bonds is 6. The molecule has 6 nitrogen and oxygen atoms in total. The molecule has 0 amide bonds. The van der Waals surface area contributed by atoms with Crippen LogP contribution in [0.2, 0.25) is 0 Å². The Morgan fingerprint density at radius 1 is 1.33 bits per heavy atom. The summed E-state index contributed by atoms with van der Waals surface area (Å²) >= 11 is 1.46. The van der Waals surface area contributed by atoms with E-state index in [1.54, 1.807) is 17.9 Å². The van der Waals surface area contributed by atoms with Crippen molar-refractivity contribution in [2.24, 2.45) is 7.05 Å². The zero-order chi connectivity index (χ0) is 15.6. The first kappa shape index (κ1) is 16.2. The molecule has 0 spiro atoms. The maximum absolute atomic E-state index is 12.5. The smallest absolute Gasteiger partial charge is 0.242 e. The van der Waals surface area contributed by atoms with Gasteiger partial charge >= 0.3 is 0 Å². The molecule has 2 heterocycles. The van der Waals surface area contributed by atoms with Crippen LogP contribution < -0.4 is 10.0 Å². The number of hydrogen-bond acceptors (Lipinski definition) is 5. The summed E-state index contributed by atoms with van der Waals surface area (Å²) in [5, 5.41) is 8.99. The van der Waals surface area contributed by atoms with E-state index in [1.807, 2.05) is 26.3 Å². The van der Waals surface area contributed by atoms with Crippen molar-refractivity contribution in [2.75, 3.05) is 7.05 Å². The van der Waals surface area contributed by atoms with Crippen molar-refractivity contribution >= 4 is 21.4 Å². The number of sulfonamides is 1. The predicted molar refractivity (Wildman–Crippen MR) is 83.8 cm³/mol. The number of thiophene rings is 1. The molecule has 0 aliphatic heterocycles. The Morgan fingerprint density at radius 2 is 2.05 bits per heavy atom. The fraction of sp³-hybridized carbons (Fsp3) is 0.462. The molecular weight excluding hydrogens is 308 g/mol. The van der Waals surface area contributed by atoms with Gasteiger partial charge in [-0.1, -0.05) is 0 Å². The molecule has 2 rings (SSSR count). The molecule has 116 valence electrons. The highest BCUT2D eigenvalue weighted by Gasteiger charge is 2.22. The Hall–Kier alpha value is -1.22. The molecule has 2 N–H and O–H groups in total. The second-order valence-corrected chi connectivity index (χ2v) is 7.57. The molecule has 2 aromatic rings. The lowest BCUT2D eigenvalue weighted by Crippen LogP contribution is -2.25. The summed E-state index contributed by atoms with van der Waals surface area (Å²) in [5.74, 6) is 0. The fourth-order valence-corrected chi connectivity index (χ4v) is 4.92. The van der Waals surface area contributed by atoms with Gasteiger partial charge in [-0.05, 0) is 31.8 Å². The highest BCUT2D eigenvalue weighted by Crippen LogP contribution is 2.26. The van der Waals surface area contributed by atoms with Crippen LogP contribution in [0.25, 0.3) is 0 Å². The molecule has 0 aliphatic rings. The summed E-state index contributed by atoms with van der Waals surface area (Å²) in [5.41, 5.74) is 2.61. The van der Waals surface area contributed by atoms with Crippen molar-refractivity contribution in [2.45, 2.75) is 31.8 Å². The first-order valence-corrected chi connectivity index (χ1v) is 8.91. The molecule has 0 unspecified atom stereocenters. The SMILES string of the molecule is CNCc1scc(C)c1S(=O)(=O)NCc1cnn(C)c1C. The number of hydrogen-bond donors (Lipinski definition) is 2. The maximum Gasteiger partial charge on any atom is 0.242 e. The Bertz CT molecular complexity index is 731. The predicted octanol–water partition coefficient (Wildman–Crippen LogP) is 1.30. The second-order valence-electron chi connectivity index (χ2n) is 4.90. The van der Waals surface area contributed by atoms with Crippen molar-refractivity contribution in [3.63, 3.8) is 0 Å². The molecule has 8 heteroatoms. The second kappa shape index (κ2) is 6.27. The third kappa shape index (κ3) is 3.34. The summed E-state index contributed by atoms with van der Waals surface area (Å²) in [7, 11) is 0.115. The Kier molecular flexibility index (Phi) is 4.82. The first-order valence-electron chi connectivity index (χ1n) is 6.55. The molecule has 0 fully saturated rings. The van der Waals surface area contributed by atoms with E-state index in [2.05, 4.69) is 15.1 Å². The number of nitrogens with zero attached hydrogens (tertiary/aromatic N) is 2. The molecule has 0 aliphatic carbocycles. The Labute approximate surface area is 129 Å². The van der Waals surface area contributed by atoms with E-state index < -0.39 is 10.0 Å². The van der Waals surface area contributed by atoms with Gasteiger partial charge in [-0.3, -0.25) is 4.68 Å². The van der Waals surface area contributed by atoms with Crippen LogP contribution >= 0.6 is 11.3 Å². The van der Waals surface area contributed by atoms with Crippen LogP contribution in [-0.2, 0) is 30.2 Å². The topological polar surface area (TPSA) is 76.0 Å². The summed E-state index contributed by atoms with van der Waals surface area (Å²) < 4.78 is 29.5. The molecule has 0 aromatic carbocycles. The minimum Gasteiger partial charge on any atom is -0.315 e. The summed E-state index contributed by atoms with van der Waals surface area (Å²) in [6.45, 7) is 4.52. The van der Waals surface area contributed by atoms with Crippen molar-refractivity contribution in [1.82, 2.24) is 19.8 Å². The summed E-state index contributed by atoms with van der Waals surface area (Å²) in [6.07, 6.45) is 1.69. The zero-order valence-electron chi connectivity index (χ0n) is 12.6. The van der Waals surface area contributed by atoms with E-state index in [1.165, 1.54) is 11.3 Å². The third-order valence-corrected chi connectivity index (χ3v) is 6.25. The van der Waals surface area contributed by atoms with Crippen molar-refractivity contribution in [3.8, 4) is 0 Å². The average molecular weight is 328 g/mol. The molecule has 21 heavy (non-hydrogen) atoms. The van der Waals surface area contributed by atoms with Crippen molar-refractivity contribution in [1.29, 1.82) is 0 Å². The molecule has 2 aromatic heterocycles. The highest BCUT2D eigenvalue weighted by molar-refractivity contribution is 7.89. The Morgan fingerprint density at radius 3 is 2.62 bits per heavy atom. The third-order valence-electron chi connectivity index (χ3n) is 3.38. The molecule has 0 saturated carbocycles.